The van der Waals surface area contributed by atoms with Gasteiger partial charge in [0.15, 0.2) is 0 Å². The van der Waals surface area contributed by atoms with Crippen molar-refractivity contribution in [2.75, 3.05) is 12.0 Å². The third-order valence-electron chi connectivity index (χ3n) is 5.60. The van der Waals surface area contributed by atoms with Crippen LogP contribution in [0.3, 0.4) is 0 Å². The van der Waals surface area contributed by atoms with E-state index < -0.39 is 6.10 Å². The van der Waals surface area contributed by atoms with Crippen molar-refractivity contribution in [2.24, 2.45) is 0 Å². The fourth-order valence-electron chi connectivity index (χ4n) is 3.94. The van der Waals surface area contributed by atoms with E-state index >= 15 is 0 Å². The summed E-state index contributed by atoms with van der Waals surface area (Å²) in [6.07, 6.45) is -0.581. The Morgan fingerprint density at radius 2 is 1.30 bits per heavy atom. The van der Waals surface area contributed by atoms with Gasteiger partial charge in [-0.25, -0.2) is 0 Å². The molecule has 5 rings (SSSR count). The molecule has 1 amide bonds. The topological polar surface area (TPSA) is 38.8 Å². The maximum Gasteiger partial charge on any atom is 0.271 e. The molecule has 0 radical (unpaired) electrons. The Labute approximate surface area is 197 Å². The third kappa shape index (κ3) is 4.45. The minimum absolute atomic E-state index is 0.0586. The van der Waals surface area contributed by atoms with Crippen molar-refractivity contribution < 1.29 is 14.3 Å². The number of carbonyl (C=O) groups excluding carboxylic acids is 1. The third-order valence-corrected chi connectivity index (χ3v) is 6.62. The van der Waals surface area contributed by atoms with Crippen molar-refractivity contribution >= 4 is 23.4 Å². The molecule has 0 bridgehead atoms. The summed E-state index contributed by atoms with van der Waals surface area (Å²) in [6, 6.07) is 35.5. The van der Waals surface area contributed by atoms with E-state index in [1.807, 2.05) is 72.8 Å². The summed E-state index contributed by atoms with van der Waals surface area (Å²) in [4.78, 5) is 17.3. The lowest BCUT2D eigenvalue weighted by Gasteiger charge is -2.46. The van der Waals surface area contributed by atoms with Crippen molar-refractivity contribution in [3.63, 3.8) is 0 Å². The monoisotopic (exact) mass is 453 g/mol. The summed E-state index contributed by atoms with van der Waals surface area (Å²) in [5.74, 6) is 1.38. The number of benzene rings is 4. The van der Waals surface area contributed by atoms with Crippen LogP contribution in [0.15, 0.2) is 119 Å². The molecule has 4 aromatic carbocycles. The van der Waals surface area contributed by atoms with E-state index in [0.29, 0.717) is 5.75 Å². The molecule has 1 heterocycles. The predicted octanol–water partition coefficient (Wildman–Crippen LogP) is 6.38. The molecule has 0 spiro atoms. The Balaban J connectivity index is 1.43. The smallest absolute Gasteiger partial charge is 0.271 e. The van der Waals surface area contributed by atoms with E-state index in [0.717, 1.165) is 21.9 Å². The Bertz CT molecular complexity index is 1210. The second-order valence-corrected chi connectivity index (χ2v) is 8.83. The van der Waals surface area contributed by atoms with Crippen LogP contribution in [0.25, 0.3) is 0 Å². The molecule has 0 saturated carbocycles. The molecule has 4 aromatic rings. The summed E-state index contributed by atoms with van der Waals surface area (Å²) < 4.78 is 11.4. The number of para-hydroxylation sites is 1. The van der Waals surface area contributed by atoms with E-state index in [-0.39, 0.29) is 11.9 Å². The number of anilines is 1. The van der Waals surface area contributed by atoms with Crippen molar-refractivity contribution in [3.8, 4) is 11.5 Å². The van der Waals surface area contributed by atoms with Crippen molar-refractivity contribution in [2.45, 2.75) is 21.9 Å². The molecule has 0 N–H and O–H groups in total. The SMILES string of the molecule is COc1ccc(N2C(=O)C(Oc3ccccc3)C2c2ccc(Sc3ccccc3)cc2)cc1. The maximum atomic E-state index is 13.2. The summed E-state index contributed by atoms with van der Waals surface area (Å²) in [5, 5.41) is 0. The highest BCUT2D eigenvalue weighted by Crippen LogP contribution is 2.42. The van der Waals surface area contributed by atoms with Crippen LogP contribution in [0.5, 0.6) is 11.5 Å². The summed E-state index contributed by atoms with van der Waals surface area (Å²) >= 11 is 1.71. The zero-order chi connectivity index (χ0) is 22.6. The molecule has 1 fully saturated rings. The minimum atomic E-state index is -0.581. The molecule has 1 saturated heterocycles. The zero-order valence-corrected chi connectivity index (χ0v) is 18.9. The summed E-state index contributed by atoms with van der Waals surface area (Å²) in [5.41, 5.74) is 1.85. The Morgan fingerprint density at radius 1 is 0.697 bits per heavy atom. The molecule has 4 nitrogen and oxygen atoms in total. The van der Waals surface area contributed by atoms with Crippen LogP contribution in [-0.4, -0.2) is 19.1 Å². The maximum absolute atomic E-state index is 13.2. The number of rotatable bonds is 7. The molecular formula is C28H23NO3S. The van der Waals surface area contributed by atoms with Crippen molar-refractivity contribution in [1.82, 2.24) is 0 Å². The first-order chi connectivity index (χ1) is 16.2. The van der Waals surface area contributed by atoms with E-state index in [1.165, 1.54) is 4.90 Å². The molecule has 164 valence electrons. The van der Waals surface area contributed by atoms with Gasteiger partial charge in [0.25, 0.3) is 5.91 Å². The first kappa shape index (κ1) is 21.2. The number of carbonyl (C=O) groups is 1. The van der Waals surface area contributed by atoms with Crippen LogP contribution in [0.4, 0.5) is 5.69 Å². The largest absolute Gasteiger partial charge is 0.497 e. The highest BCUT2D eigenvalue weighted by molar-refractivity contribution is 7.99. The number of methoxy groups -OCH3 is 1. The highest BCUT2D eigenvalue weighted by Gasteiger charge is 2.51. The van der Waals surface area contributed by atoms with Gasteiger partial charge in [-0.15, -0.1) is 0 Å². The van der Waals surface area contributed by atoms with Crippen LogP contribution in [0, 0.1) is 0 Å². The van der Waals surface area contributed by atoms with Gasteiger partial charge in [0.05, 0.1) is 7.11 Å². The Morgan fingerprint density at radius 3 is 1.94 bits per heavy atom. The van der Waals surface area contributed by atoms with Gasteiger partial charge < -0.3 is 9.47 Å². The lowest BCUT2D eigenvalue weighted by Crippen LogP contribution is -2.61. The average molecular weight is 454 g/mol. The van der Waals surface area contributed by atoms with E-state index in [4.69, 9.17) is 9.47 Å². The first-order valence-electron chi connectivity index (χ1n) is 10.7. The minimum Gasteiger partial charge on any atom is -0.497 e. The lowest BCUT2D eigenvalue weighted by molar-refractivity contribution is -0.135. The van der Waals surface area contributed by atoms with Crippen LogP contribution in [-0.2, 0) is 4.79 Å². The van der Waals surface area contributed by atoms with Gasteiger partial charge in [-0.2, -0.15) is 0 Å². The fourth-order valence-corrected chi connectivity index (χ4v) is 4.77. The molecule has 0 aromatic heterocycles. The van der Waals surface area contributed by atoms with Gasteiger partial charge >= 0.3 is 0 Å². The second-order valence-electron chi connectivity index (χ2n) is 7.69. The highest BCUT2D eigenvalue weighted by atomic mass is 32.2. The van der Waals surface area contributed by atoms with Gasteiger partial charge in [0.2, 0.25) is 6.10 Å². The lowest BCUT2D eigenvalue weighted by atomic mass is 9.89. The van der Waals surface area contributed by atoms with Crippen LogP contribution in [0.1, 0.15) is 11.6 Å². The second kappa shape index (κ2) is 9.43. The van der Waals surface area contributed by atoms with Crippen LogP contribution < -0.4 is 14.4 Å². The Kier molecular flexibility index (Phi) is 6.05. The van der Waals surface area contributed by atoms with Gasteiger partial charge in [0, 0.05) is 15.5 Å². The first-order valence-corrected chi connectivity index (χ1v) is 11.6. The van der Waals surface area contributed by atoms with Crippen molar-refractivity contribution in [1.29, 1.82) is 0 Å². The van der Waals surface area contributed by atoms with Crippen LogP contribution >= 0.6 is 11.8 Å². The zero-order valence-electron chi connectivity index (χ0n) is 18.1. The Hall–Kier alpha value is -3.70. The molecule has 1 aliphatic heterocycles. The molecule has 0 aliphatic carbocycles. The normalized spacial score (nSPS) is 17.4. The molecule has 33 heavy (non-hydrogen) atoms. The van der Waals surface area contributed by atoms with Crippen LogP contribution in [0.2, 0.25) is 0 Å². The quantitative estimate of drug-likeness (QED) is 0.304. The molecule has 2 unspecified atom stereocenters. The van der Waals surface area contributed by atoms with E-state index in [9.17, 15) is 4.79 Å². The molecule has 1 aliphatic rings. The number of ether oxygens (including phenoxy) is 2. The van der Waals surface area contributed by atoms with E-state index in [2.05, 4.69) is 36.4 Å². The number of amides is 1. The summed E-state index contributed by atoms with van der Waals surface area (Å²) in [7, 11) is 1.63. The van der Waals surface area contributed by atoms with Gasteiger partial charge in [-0.1, -0.05) is 60.3 Å². The van der Waals surface area contributed by atoms with Gasteiger partial charge in [0.1, 0.15) is 17.5 Å². The predicted molar refractivity (Wildman–Crippen MR) is 131 cm³/mol. The number of hydrogen-bond donors (Lipinski definition) is 0. The standard InChI is InChI=1S/C28H23NO3S/c1-31-22-16-14-21(15-17-22)29-26(27(28(29)30)32-23-8-4-2-5-9-23)20-12-18-25(19-13-20)33-24-10-6-3-7-11-24/h2-19,26-27H,1H3. The molecule has 2 atom stereocenters. The van der Waals surface area contributed by atoms with Gasteiger partial charge in [-0.3, -0.25) is 9.69 Å². The van der Waals surface area contributed by atoms with Gasteiger partial charge in [-0.05, 0) is 66.2 Å². The molecular weight excluding hydrogens is 430 g/mol. The number of nitrogens with zero attached hydrogens (tertiary/aromatic N) is 1. The van der Waals surface area contributed by atoms with Crippen molar-refractivity contribution in [3.05, 3.63) is 115 Å². The van der Waals surface area contributed by atoms with E-state index in [1.54, 1.807) is 23.8 Å². The molecule has 5 heteroatoms. The number of hydrogen-bond acceptors (Lipinski definition) is 4. The number of β-lactam (4-membered cyclic amide) rings is 1. The summed E-state index contributed by atoms with van der Waals surface area (Å²) in [6.45, 7) is 0. The fraction of sp³-hybridized carbons (Fsp3) is 0.107. The average Bonchev–Trinajstić information content (AvgIpc) is 2.88.